The van der Waals surface area contributed by atoms with Crippen LogP contribution in [-0.2, 0) is 14.6 Å². The van der Waals surface area contributed by atoms with E-state index < -0.39 is 20.5 Å². The Morgan fingerprint density at radius 2 is 2.00 bits per heavy atom. The Labute approximate surface area is 133 Å². The lowest BCUT2D eigenvalue weighted by atomic mass is 9.83. The van der Waals surface area contributed by atoms with E-state index in [1.165, 1.54) is 0 Å². The highest BCUT2D eigenvalue weighted by Crippen LogP contribution is 2.40. The number of carbonyl (C=O) groups is 1. The third-order valence-corrected chi connectivity index (χ3v) is 6.52. The van der Waals surface area contributed by atoms with E-state index in [1.54, 1.807) is 18.2 Å². The molecule has 1 fully saturated rings. The monoisotopic (exact) mass is 338 g/mol. The van der Waals surface area contributed by atoms with Crippen LogP contribution in [0.25, 0.3) is 10.9 Å². The highest BCUT2D eigenvalue weighted by molar-refractivity contribution is 7.93. The molecule has 1 aliphatic rings. The number of carbonyl (C=O) groups excluding carboxylic acids is 1. The minimum Gasteiger partial charge on any atom is -0.309 e. The van der Waals surface area contributed by atoms with Gasteiger partial charge >= 0.3 is 0 Å². The van der Waals surface area contributed by atoms with Crippen LogP contribution in [0.15, 0.2) is 30.3 Å². The number of nitrogens with one attached hydrogen (secondary N) is 1. The molecule has 1 aromatic carbocycles. The lowest BCUT2D eigenvalue weighted by molar-refractivity contribution is -0.120. The molecule has 5 nitrogen and oxygen atoms in total. The fourth-order valence-electron chi connectivity index (χ4n) is 2.67. The predicted octanol–water partition coefficient (Wildman–Crippen LogP) is 2.79. The van der Waals surface area contributed by atoms with Crippen LogP contribution in [-0.4, -0.2) is 30.3 Å². The van der Waals surface area contributed by atoms with Crippen molar-refractivity contribution in [3.8, 4) is 0 Å². The molecular weight excluding hydrogens is 324 g/mol. The topological polar surface area (TPSA) is 76.1 Å². The lowest BCUT2D eigenvalue weighted by Crippen LogP contribution is -2.54. The van der Waals surface area contributed by atoms with Gasteiger partial charge in [-0.05, 0) is 37.5 Å². The number of pyridine rings is 1. The molecule has 0 spiro atoms. The van der Waals surface area contributed by atoms with Gasteiger partial charge in [0.1, 0.15) is 5.82 Å². The molecule has 1 aliphatic carbocycles. The first-order valence-electron chi connectivity index (χ1n) is 6.90. The van der Waals surface area contributed by atoms with Gasteiger partial charge in [-0.1, -0.05) is 23.7 Å². The minimum absolute atomic E-state index is 0.306. The Kier molecular flexibility index (Phi) is 3.61. The third-order valence-electron chi connectivity index (χ3n) is 4.20. The molecule has 1 aromatic heterocycles. The van der Waals surface area contributed by atoms with E-state index in [4.69, 9.17) is 11.6 Å². The molecule has 2 aromatic rings. The van der Waals surface area contributed by atoms with Crippen molar-refractivity contribution in [3.63, 3.8) is 0 Å². The summed E-state index contributed by atoms with van der Waals surface area (Å²) >= 11 is 6.10. The molecule has 0 radical (unpaired) electrons. The largest absolute Gasteiger partial charge is 0.309 e. The van der Waals surface area contributed by atoms with Gasteiger partial charge in [0.25, 0.3) is 0 Å². The predicted molar refractivity (Wildman–Crippen MR) is 86.8 cm³/mol. The molecule has 0 unspecified atom stereocenters. The molecule has 1 amide bonds. The Morgan fingerprint density at radius 3 is 2.59 bits per heavy atom. The van der Waals surface area contributed by atoms with E-state index in [-0.39, 0.29) is 0 Å². The molecule has 1 N–H and O–H groups in total. The van der Waals surface area contributed by atoms with Gasteiger partial charge in [-0.15, -0.1) is 0 Å². The quantitative estimate of drug-likeness (QED) is 0.933. The van der Waals surface area contributed by atoms with Gasteiger partial charge < -0.3 is 5.32 Å². The molecule has 1 saturated carbocycles. The van der Waals surface area contributed by atoms with Gasteiger partial charge in [-0.25, -0.2) is 13.4 Å². The van der Waals surface area contributed by atoms with Crippen molar-refractivity contribution in [1.29, 1.82) is 0 Å². The van der Waals surface area contributed by atoms with Crippen molar-refractivity contribution >= 4 is 44.1 Å². The zero-order valence-electron chi connectivity index (χ0n) is 12.0. The second-order valence-electron chi connectivity index (χ2n) is 5.58. The summed E-state index contributed by atoms with van der Waals surface area (Å²) in [7, 11) is -3.46. The maximum Gasteiger partial charge on any atom is 0.246 e. The second kappa shape index (κ2) is 5.21. The maximum atomic E-state index is 12.4. The second-order valence-corrected chi connectivity index (χ2v) is 8.32. The van der Waals surface area contributed by atoms with Crippen LogP contribution in [0.4, 0.5) is 5.82 Å². The molecule has 3 rings (SSSR count). The smallest absolute Gasteiger partial charge is 0.246 e. The lowest BCUT2D eigenvalue weighted by Gasteiger charge is -2.37. The van der Waals surface area contributed by atoms with E-state index >= 15 is 0 Å². The summed E-state index contributed by atoms with van der Waals surface area (Å²) in [5, 5.41) is 3.96. The van der Waals surface area contributed by atoms with Crippen molar-refractivity contribution in [2.75, 3.05) is 11.6 Å². The number of nitrogens with zero attached hydrogens (tertiary/aromatic N) is 1. The van der Waals surface area contributed by atoms with Crippen molar-refractivity contribution in [2.24, 2.45) is 0 Å². The van der Waals surface area contributed by atoms with E-state index in [1.807, 2.05) is 12.1 Å². The number of sulfone groups is 1. The third kappa shape index (κ3) is 2.36. The Bertz CT molecular complexity index is 860. The molecule has 0 aliphatic heterocycles. The van der Waals surface area contributed by atoms with Crippen LogP contribution in [0, 0.1) is 0 Å². The van der Waals surface area contributed by atoms with Gasteiger partial charge in [-0.3, -0.25) is 4.79 Å². The number of rotatable bonds is 3. The molecule has 22 heavy (non-hydrogen) atoms. The van der Waals surface area contributed by atoms with Crippen molar-refractivity contribution < 1.29 is 13.2 Å². The van der Waals surface area contributed by atoms with Gasteiger partial charge in [-0.2, -0.15) is 0 Å². The van der Waals surface area contributed by atoms with Crippen LogP contribution in [0.3, 0.4) is 0 Å². The maximum absolute atomic E-state index is 12.4. The highest BCUT2D eigenvalue weighted by atomic mass is 35.5. The molecule has 7 heteroatoms. The molecule has 0 saturated heterocycles. The summed E-state index contributed by atoms with van der Waals surface area (Å²) in [5.74, 6) is -0.208. The van der Waals surface area contributed by atoms with Crippen LogP contribution in [0.5, 0.6) is 0 Å². The number of aromatic nitrogens is 1. The summed E-state index contributed by atoms with van der Waals surface area (Å²) in [6, 6.07) is 8.83. The summed E-state index contributed by atoms with van der Waals surface area (Å²) in [4.78, 5) is 16.7. The summed E-state index contributed by atoms with van der Waals surface area (Å²) < 4.78 is 22.5. The average Bonchev–Trinajstić information content (AvgIpc) is 2.36. The van der Waals surface area contributed by atoms with Crippen LogP contribution in [0.2, 0.25) is 5.02 Å². The number of halogens is 1. The van der Waals surface area contributed by atoms with Gasteiger partial charge in [0.2, 0.25) is 5.91 Å². The van der Waals surface area contributed by atoms with Gasteiger partial charge in [0.15, 0.2) is 14.6 Å². The van der Waals surface area contributed by atoms with Crippen molar-refractivity contribution in [2.45, 2.75) is 24.0 Å². The first-order valence-corrected chi connectivity index (χ1v) is 9.17. The molecule has 1 heterocycles. The molecular formula is C15H15ClN2O3S. The number of anilines is 1. The zero-order chi connectivity index (χ0) is 16.0. The number of hydrogen-bond acceptors (Lipinski definition) is 4. The SMILES string of the molecule is CS(=O)(=O)C1(C(=O)Nc2ccc3cccc(Cl)c3n2)CCC1. The normalized spacial score (nSPS) is 17.0. The van der Waals surface area contributed by atoms with Crippen LogP contribution in [0.1, 0.15) is 19.3 Å². The fourth-order valence-corrected chi connectivity index (χ4v) is 4.32. The Hall–Kier alpha value is -1.66. The van der Waals surface area contributed by atoms with E-state index in [2.05, 4.69) is 10.3 Å². The van der Waals surface area contributed by atoms with Gasteiger partial charge in [0.05, 0.1) is 10.5 Å². The van der Waals surface area contributed by atoms with Crippen molar-refractivity contribution in [3.05, 3.63) is 35.4 Å². The first-order chi connectivity index (χ1) is 10.3. The highest BCUT2D eigenvalue weighted by Gasteiger charge is 2.52. The number of hydrogen-bond donors (Lipinski definition) is 1. The zero-order valence-corrected chi connectivity index (χ0v) is 13.5. The first kappa shape index (κ1) is 15.2. The van der Waals surface area contributed by atoms with Crippen molar-refractivity contribution in [1.82, 2.24) is 4.98 Å². The summed E-state index contributed by atoms with van der Waals surface area (Å²) in [5.41, 5.74) is 0.573. The van der Waals surface area contributed by atoms with E-state index in [0.29, 0.717) is 29.2 Å². The number of benzene rings is 1. The number of para-hydroxylation sites is 1. The summed E-state index contributed by atoms with van der Waals surface area (Å²) in [6.07, 6.45) is 2.55. The average molecular weight is 339 g/mol. The summed E-state index contributed by atoms with van der Waals surface area (Å²) in [6.45, 7) is 0. The van der Waals surface area contributed by atoms with Crippen LogP contribution >= 0.6 is 11.6 Å². The Morgan fingerprint density at radius 1 is 1.27 bits per heavy atom. The fraction of sp³-hybridized carbons (Fsp3) is 0.333. The standard InChI is InChI=1S/C15H15ClN2O3S/c1-22(20,21)15(8-3-9-15)14(19)18-12-7-6-10-4-2-5-11(16)13(10)17-12/h2,4-7H,3,8-9H2,1H3,(H,17,18,19). The van der Waals surface area contributed by atoms with Crippen LogP contribution < -0.4 is 5.32 Å². The molecule has 0 bridgehead atoms. The Balaban J connectivity index is 1.93. The van der Waals surface area contributed by atoms with E-state index in [0.717, 1.165) is 18.1 Å². The number of fused-ring (bicyclic) bond motifs is 1. The number of amides is 1. The molecule has 0 atom stereocenters. The van der Waals surface area contributed by atoms with Gasteiger partial charge in [0, 0.05) is 11.6 Å². The minimum atomic E-state index is -3.46. The van der Waals surface area contributed by atoms with E-state index in [9.17, 15) is 13.2 Å². The molecule has 116 valence electrons.